The van der Waals surface area contributed by atoms with Gasteiger partial charge in [0.2, 0.25) is 0 Å². The average molecular weight is 368 g/mol. The van der Waals surface area contributed by atoms with Crippen molar-refractivity contribution in [2.75, 3.05) is 24.7 Å². The third-order valence-electron chi connectivity index (χ3n) is 4.86. The summed E-state index contributed by atoms with van der Waals surface area (Å²) in [7, 11) is -3.18. The molecule has 0 spiro atoms. The summed E-state index contributed by atoms with van der Waals surface area (Å²) in [6, 6.07) is 6.57. The molecule has 0 aliphatic heterocycles. The molecule has 2 rings (SSSR count). The van der Waals surface area contributed by atoms with Gasteiger partial charge in [0.15, 0.2) is 9.84 Å². The van der Waals surface area contributed by atoms with Crippen LogP contribution in [-0.2, 0) is 15.6 Å². The summed E-state index contributed by atoms with van der Waals surface area (Å²) in [5.41, 5.74) is 1.05. The van der Waals surface area contributed by atoms with Gasteiger partial charge in [0.05, 0.1) is 5.75 Å². The van der Waals surface area contributed by atoms with Crippen LogP contribution >= 0.6 is 0 Å². The number of hydrogen-bond acceptors (Lipinski definition) is 4. The van der Waals surface area contributed by atoms with E-state index < -0.39 is 9.84 Å². The molecule has 0 aromatic heterocycles. The molecule has 1 aromatic carbocycles. The Balaban J connectivity index is 1.98. The number of rotatable bonds is 7. The zero-order chi connectivity index (χ0) is 18.3. The molecule has 6 nitrogen and oxygen atoms in total. The van der Waals surface area contributed by atoms with Crippen LogP contribution in [0.2, 0.25) is 0 Å². The normalized spacial score (nSPS) is 17.0. The van der Waals surface area contributed by atoms with Gasteiger partial charge in [-0.1, -0.05) is 37.5 Å². The van der Waals surface area contributed by atoms with Crippen LogP contribution in [0.15, 0.2) is 24.3 Å². The highest BCUT2D eigenvalue weighted by atomic mass is 32.2. The van der Waals surface area contributed by atoms with Crippen LogP contribution in [0.25, 0.3) is 0 Å². The quantitative estimate of drug-likeness (QED) is 0.689. The molecule has 7 heteroatoms. The summed E-state index contributed by atoms with van der Waals surface area (Å²) in [4.78, 5) is 12.3. The molecule has 1 aromatic rings. The Bertz CT molecular complexity index is 677. The number of urea groups is 1. The fraction of sp³-hybridized carbons (Fsp3) is 0.611. The molecule has 1 aliphatic rings. The van der Waals surface area contributed by atoms with Crippen molar-refractivity contribution >= 4 is 21.6 Å². The number of sulfone groups is 1. The van der Waals surface area contributed by atoms with Gasteiger partial charge in [0, 0.05) is 25.1 Å². The van der Waals surface area contributed by atoms with E-state index in [1.54, 1.807) is 24.3 Å². The minimum atomic E-state index is -3.18. The molecule has 0 heterocycles. The number of aliphatic hydroxyl groups excluding tert-OH is 1. The van der Waals surface area contributed by atoms with Gasteiger partial charge in [-0.3, -0.25) is 0 Å². The van der Waals surface area contributed by atoms with Gasteiger partial charge in [-0.15, -0.1) is 0 Å². The molecule has 140 valence electrons. The number of amides is 2. The Kier molecular flexibility index (Phi) is 6.84. The summed E-state index contributed by atoms with van der Waals surface area (Å²) in [5, 5.41) is 15.0. The van der Waals surface area contributed by atoms with E-state index in [-0.39, 0.29) is 23.8 Å². The number of para-hydroxylation sites is 1. The lowest BCUT2D eigenvalue weighted by atomic mass is 9.72. The van der Waals surface area contributed by atoms with E-state index >= 15 is 0 Å². The molecule has 1 fully saturated rings. The predicted octanol–water partition coefficient (Wildman–Crippen LogP) is 2.69. The fourth-order valence-corrected chi connectivity index (χ4v) is 4.36. The smallest absolute Gasteiger partial charge is 0.319 e. The lowest BCUT2D eigenvalue weighted by Crippen LogP contribution is -2.41. The monoisotopic (exact) mass is 368 g/mol. The summed E-state index contributed by atoms with van der Waals surface area (Å²) < 4.78 is 23.1. The summed E-state index contributed by atoms with van der Waals surface area (Å²) in [6.07, 6.45) is 7.35. The second kappa shape index (κ2) is 8.67. The summed E-state index contributed by atoms with van der Waals surface area (Å²) >= 11 is 0. The number of benzene rings is 1. The van der Waals surface area contributed by atoms with Gasteiger partial charge in [-0.05, 0) is 36.3 Å². The molecular weight excluding hydrogens is 340 g/mol. The Morgan fingerprint density at radius 2 is 1.88 bits per heavy atom. The van der Waals surface area contributed by atoms with Crippen LogP contribution in [0.1, 0.15) is 44.1 Å². The van der Waals surface area contributed by atoms with Gasteiger partial charge >= 0.3 is 6.03 Å². The van der Waals surface area contributed by atoms with Crippen LogP contribution in [0.3, 0.4) is 0 Å². The van der Waals surface area contributed by atoms with Gasteiger partial charge in [0.1, 0.15) is 0 Å². The maximum absolute atomic E-state index is 12.3. The number of carbonyl (C=O) groups is 1. The molecular formula is C18H28N2O4S. The van der Waals surface area contributed by atoms with Gasteiger partial charge in [-0.2, -0.15) is 0 Å². The average Bonchev–Trinajstić information content (AvgIpc) is 2.55. The van der Waals surface area contributed by atoms with E-state index in [9.17, 15) is 18.3 Å². The molecule has 0 saturated heterocycles. The Labute approximate surface area is 149 Å². The Morgan fingerprint density at radius 3 is 2.52 bits per heavy atom. The van der Waals surface area contributed by atoms with E-state index in [0.717, 1.165) is 25.7 Å². The molecule has 0 atom stereocenters. The van der Waals surface area contributed by atoms with Crippen LogP contribution < -0.4 is 10.6 Å². The van der Waals surface area contributed by atoms with Crippen molar-refractivity contribution in [3.63, 3.8) is 0 Å². The van der Waals surface area contributed by atoms with Gasteiger partial charge in [0.25, 0.3) is 0 Å². The molecule has 0 bridgehead atoms. The molecule has 2 amide bonds. The zero-order valence-corrected chi connectivity index (χ0v) is 15.6. The van der Waals surface area contributed by atoms with Crippen molar-refractivity contribution in [2.45, 2.75) is 44.3 Å². The van der Waals surface area contributed by atoms with Crippen molar-refractivity contribution in [1.29, 1.82) is 0 Å². The lowest BCUT2D eigenvalue weighted by Gasteiger charge is -2.37. The third kappa shape index (κ3) is 6.32. The largest absolute Gasteiger partial charge is 0.396 e. The van der Waals surface area contributed by atoms with Crippen molar-refractivity contribution in [1.82, 2.24) is 5.32 Å². The second-order valence-electron chi connectivity index (χ2n) is 7.07. The number of hydrogen-bond donors (Lipinski definition) is 3. The first-order valence-electron chi connectivity index (χ1n) is 8.75. The van der Waals surface area contributed by atoms with E-state index in [0.29, 0.717) is 24.2 Å². The van der Waals surface area contributed by atoms with Crippen molar-refractivity contribution in [2.24, 2.45) is 5.41 Å². The number of nitrogens with one attached hydrogen (secondary N) is 2. The minimum absolute atomic E-state index is 0.0311. The first-order valence-corrected chi connectivity index (χ1v) is 10.8. The standard InChI is InChI=1S/C18H28N2O4S/c1-25(23,24)13-15-7-3-4-8-16(15)20-17(22)19-14-18(11-12-21)9-5-2-6-10-18/h3-4,7-8,21H,2,5-6,9-14H2,1H3,(H2,19,20,22). The number of aliphatic hydroxyl groups is 1. The molecule has 0 radical (unpaired) electrons. The van der Waals surface area contributed by atoms with Crippen LogP contribution in [0, 0.1) is 5.41 Å². The van der Waals surface area contributed by atoms with Crippen molar-refractivity contribution in [3.8, 4) is 0 Å². The first-order chi connectivity index (χ1) is 11.8. The van der Waals surface area contributed by atoms with E-state index in [1.807, 2.05) is 0 Å². The van der Waals surface area contributed by atoms with E-state index in [2.05, 4.69) is 10.6 Å². The van der Waals surface area contributed by atoms with E-state index in [1.165, 1.54) is 12.7 Å². The van der Waals surface area contributed by atoms with Crippen LogP contribution in [0.5, 0.6) is 0 Å². The zero-order valence-electron chi connectivity index (χ0n) is 14.8. The molecule has 1 saturated carbocycles. The lowest BCUT2D eigenvalue weighted by molar-refractivity contribution is 0.128. The summed E-state index contributed by atoms with van der Waals surface area (Å²) in [6.45, 7) is 0.647. The van der Waals surface area contributed by atoms with E-state index in [4.69, 9.17) is 0 Å². The van der Waals surface area contributed by atoms with Crippen molar-refractivity contribution in [3.05, 3.63) is 29.8 Å². The minimum Gasteiger partial charge on any atom is -0.396 e. The van der Waals surface area contributed by atoms with Gasteiger partial charge in [-0.25, -0.2) is 13.2 Å². The predicted molar refractivity (Wildman–Crippen MR) is 99.2 cm³/mol. The fourth-order valence-electron chi connectivity index (χ4n) is 3.54. The van der Waals surface area contributed by atoms with Crippen LogP contribution in [0.4, 0.5) is 10.5 Å². The molecule has 0 unspecified atom stereocenters. The molecule has 25 heavy (non-hydrogen) atoms. The van der Waals surface area contributed by atoms with Gasteiger partial charge < -0.3 is 15.7 Å². The van der Waals surface area contributed by atoms with Crippen LogP contribution in [-0.4, -0.2) is 39.0 Å². The second-order valence-corrected chi connectivity index (χ2v) is 9.21. The SMILES string of the molecule is CS(=O)(=O)Cc1ccccc1NC(=O)NCC1(CCO)CCCCC1. The third-order valence-corrected chi connectivity index (χ3v) is 5.70. The Hall–Kier alpha value is -1.60. The highest BCUT2D eigenvalue weighted by molar-refractivity contribution is 7.89. The first kappa shape index (κ1) is 19.7. The summed E-state index contributed by atoms with van der Waals surface area (Å²) in [5.74, 6) is -0.113. The molecule has 3 N–H and O–H groups in total. The van der Waals surface area contributed by atoms with Crippen molar-refractivity contribution < 1.29 is 18.3 Å². The number of carbonyl (C=O) groups excluding carboxylic acids is 1. The number of anilines is 1. The highest BCUT2D eigenvalue weighted by Gasteiger charge is 2.31. The maximum atomic E-state index is 12.3. The molecule has 1 aliphatic carbocycles. The maximum Gasteiger partial charge on any atom is 0.319 e. The Morgan fingerprint density at radius 1 is 1.20 bits per heavy atom. The topological polar surface area (TPSA) is 95.5 Å². The highest BCUT2D eigenvalue weighted by Crippen LogP contribution is 2.38.